The Bertz CT molecular complexity index is 882. The molecule has 1 saturated carbocycles. The standard InChI is InChI=1S/C19H22F3N5O2/c1-26-16(23-12-24-26)25-17(28)27-7-5-18(6-8-27)10-14(11-18)13-3-2-4-15(9-13)29-19(20,21)22/h2-4,9,12,14H,5-8,10-11H2,1H3,(H,23,24,25,28). The largest absolute Gasteiger partial charge is 0.573 e. The lowest BCUT2D eigenvalue weighted by Gasteiger charge is -2.52. The van der Waals surface area contributed by atoms with Crippen LogP contribution in [0.1, 0.15) is 37.2 Å². The summed E-state index contributed by atoms with van der Waals surface area (Å²) < 4.78 is 42.8. The van der Waals surface area contributed by atoms with Crippen molar-refractivity contribution in [2.45, 2.75) is 38.0 Å². The van der Waals surface area contributed by atoms with Crippen LogP contribution in [0.15, 0.2) is 30.6 Å². The van der Waals surface area contributed by atoms with E-state index in [2.05, 4.69) is 20.1 Å². The minimum atomic E-state index is -4.68. The van der Waals surface area contributed by atoms with E-state index >= 15 is 0 Å². The van der Waals surface area contributed by atoms with Crippen molar-refractivity contribution in [3.05, 3.63) is 36.2 Å². The number of hydrogen-bond donors (Lipinski definition) is 1. The van der Waals surface area contributed by atoms with E-state index in [0.717, 1.165) is 31.2 Å². The Labute approximate surface area is 165 Å². The lowest BCUT2D eigenvalue weighted by Crippen LogP contribution is -2.49. The summed E-state index contributed by atoms with van der Waals surface area (Å²) in [5.74, 6) is 0.456. The number of benzene rings is 1. The second-order valence-corrected chi connectivity index (χ2v) is 7.85. The predicted octanol–water partition coefficient (Wildman–Crippen LogP) is 3.91. The number of carbonyl (C=O) groups is 1. The molecular formula is C19H22F3N5O2. The number of nitrogens with one attached hydrogen (secondary N) is 1. The number of urea groups is 1. The van der Waals surface area contributed by atoms with Crippen LogP contribution in [-0.2, 0) is 7.05 Å². The van der Waals surface area contributed by atoms with Gasteiger partial charge in [-0.2, -0.15) is 10.1 Å². The second kappa shape index (κ2) is 7.23. The van der Waals surface area contributed by atoms with Crippen LogP contribution in [0.3, 0.4) is 0 Å². The number of aromatic nitrogens is 3. The van der Waals surface area contributed by atoms with Gasteiger partial charge in [0.2, 0.25) is 5.95 Å². The van der Waals surface area contributed by atoms with Gasteiger partial charge in [-0.3, -0.25) is 5.32 Å². The predicted molar refractivity (Wildman–Crippen MR) is 98.4 cm³/mol. The molecule has 1 aromatic carbocycles. The van der Waals surface area contributed by atoms with Crippen molar-refractivity contribution in [1.29, 1.82) is 0 Å². The van der Waals surface area contributed by atoms with Gasteiger partial charge in [-0.1, -0.05) is 12.1 Å². The average Bonchev–Trinajstić information content (AvgIpc) is 3.03. The van der Waals surface area contributed by atoms with Gasteiger partial charge in [0.1, 0.15) is 12.1 Å². The minimum absolute atomic E-state index is 0.160. The Kier molecular flexibility index (Phi) is 4.87. The molecule has 2 heterocycles. The number of ether oxygens (including phenoxy) is 1. The first-order chi connectivity index (χ1) is 13.7. The third-order valence-corrected chi connectivity index (χ3v) is 5.96. The highest BCUT2D eigenvalue weighted by Crippen LogP contribution is 2.56. The summed E-state index contributed by atoms with van der Waals surface area (Å²) >= 11 is 0. The van der Waals surface area contributed by atoms with E-state index in [0.29, 0.717) is 19.0 Å². The second-order valence-electron chi connectivity index (χ2n) is 7.85. The summed E-state index contributed by atoms with van der Waals surface area (Å²) in [7, 11) is 1.71. The SMILES string of the molecule is Cn1ncnc1NC(=O)N1CCC2(CC1)CC(c1cccc(OC(F)(F)F)c1)C2. The smallest absolute Gasteiger partial charge is 0.406 e. The topological polar surface area (TPSA) is 72.3 Å². The monoisotopic (exact) mass is 409 g/mol. The average molecular weight is 409 g/mol. The van der Waals surface area contributed by atoms with Crippen molar-refractivity contribution in [3.8, 4) is 5.75 Å². The molecule has 2 fully saturated rings. The summed E-state index contributed by atoms with van der Waals surface area (Å²) in [6, 6.07) is 6.06. The van der Waals surface area contributed by atoms with Crippen LogP contribution in [0.5, 0.6) is 5.75 Å². The Hall–Kier alpha value is -2.78. The maximum absolute atomic E-state index is 12.4. The molecule has 1 aliphatic heterocycles. The number of anilines is 1. The molecule has 2 aliphatic rings. The highest BCUT2D eigenvalue weighted by Gasteiger charge is 2.47. The van der Waals surface area contributed by atoms with E-state index in [-0.39, 0.29) is 23.1 Å². The van der Waals surface area contributed by atoms with Gasteiger partial charge in [0.25, 0.3) is 0 Å². The molecule has 29 heavy (non-hydrogen) atoms. The summed E-state index contributed by atoms with van der Waals surface area (Å²) in [4.78, 5) is 18.2. The van der Waals surface area contributed by atoms with Crippen LogP contribution in [0.4, 0.5) is 23.9 Å². The quantitative estimate of drug-likeness (QED) is 0.835. The molecule has 1 spiro atoms. The van der Waals surface area contributed by atoms with Gasteiger partial charge in [-0.25, -0.2) is 9.48 Å². The van der Waals surface area contributed by atoms with Crippen LogP contribution < -0.4 is 10.1 Å². The molecule has 1 N–H and O–H groups in total. The van der Waals surface area contributed by atoms with Gasteiger partial charge in [0, 0.05) is 20.1 Å². The van der Waals surface area contributed by atoms with Crippen molar-refractivity contribution in [2.24, 2.45) is 12.5 Å². The molecule has 0 unspecified atom stereocenters. The fraction of sp³-hybridized carbons (Fsp3) is 0.526. The van der Waals surface area contributed by atoms with Crippen LogP contribution in [0, 0.1) is 5.41 Å². The Morgan fingerprint density at radius 1 is 1.28 bits per heavy atom. The number of nitrogens with zero attached hydrogens (tertiary/aromatic N) is 4. The lowest BCUT2D eigenvalue weighted by atomic mass is 9.56. The number of carbonyl (C=O) groups excluding carboxylic acids is 1. The summed E-state index contributed by atoms with van der Waals surface area (Å²) in [6.45, 7) is 1.29. The van der Waals surface area contributed by atoms with E-state index < -0.39 is 6.36 Å². The first kappa shape index (κ1) is 19.5. The van der Waals surface area contributed by atoms with Crippen LogP contribution in [0.25, 0.3) is 0 Å². The number of aryl methyl sites for hydroxylation is 1. The van der Waals surface area contributed by atoms with E-state index in [9.17, 15) is 18.0 Å². The Morgan fingerprint density at radius 3 is 2.62 bits per heavy atom. The molecule has 10 heteroatoms. The van der Waals surface area contributed by atoms with Crippen molar-refractivity contribution in [1.82, 2.24) is 19.7 Å². The normalized spacial score (nSPS) is 19.1. The fourth-order valence-corrected chi connectivity index (χ4v) is 4.36. The number of halogens is 3. The third kappa shape index (κ3) is 4.30. The fourth-order valence-electron chi connectivity index (χ4n) is 4.36. The molecular weight excluding hydrogens is 387 g/mol. The minimum Gasteiger partial charge on any atom is -0.406 e. The number of alkyl halides is 3. The van der Waals surface area contributed by atoms with E-state index in [1.54, 1.807) is 18.0 Å². The third-order valence-electron chi connectivity index (χ3n) is 5.96. The van der Waals surface area contributed by atoms with Crippen molar-refractivity contribution < 1.29 is 22.7 Å². The highest BCUT2D eigenvalue weighted by atomic mass is 19.4. The molecule has 1 aliphatic carbocycles. The van der Waals surface area contributed by atoms with Crippen molar-refractivity contribution in [2.75, 3.05) is 18.4 Å². The molecule has 156 valence electrons. The lowest BCUT2D eigenvalue weighted by molar-refractivity contribution is -0.274. The summed E-state index contributed by atoms with van der Waals surface area (Å²) in [6.07, 6.45) is 0.299. The summed E-state index contributed by atoms with van der Waals surface area (Å²) in [5.41, 5.74) is 1.03. The maximum Gasteiger partial charge on any atom is 0.573 e. The zero-order chi connectivity index (χ0) is 20.6. The molecule has 4 rings (SSSR count). The molecule has 1 aromatic heterocycles. The van der Waals surface area contributed by atoms with Crippen LogP contribution in [0.2, 0.25) is 0 Å². The van der Waals surface area contributed by atoms with E-state index in [1.807, 2.05) is 6.07 Å². The molecule has 0 radical (unpaired) electrons. The van der Waals surface area contributed by atoms with Gasteiger partial charge in [0.05, 0.1) is 0 Å². The van der Waals surface area contributed by atoms with E-state index in [4.69, 9.17) is 0 Å². The van der Waals surface area contributed by atoms with Gasteiger partial charge < -0.3 is 9.64 Å². The van der Waals surface area contributed by atoms with Crippen LogP contribution >= 0.6 is 0 Å². The number of likely N-dealkylation sites (tertiary alicyclic amines) is 1. The molecule has 2 amide bonds. The number of rotatable bonds is 3. The molecule has 0 bridgehead atoms. The molecule has 1 saturated heterocycles. The highest BCUT2D eigenvalue weighted by molar-refractivity contribution is 5.87. The Balaban J connectivity index is 1.30. The van der Waals surface area contributed by atoms with Crippen molar-refractivity contribution >= 4 is 12.0 Å². The van der Waals surface area contributed by atoms with Gasteiger partial charge in [-0.05, 0) is 54.7 Å². The zero-order valence-corrected chi connectivity index (χ0v) is 15.9. The molecule has 0 atom stereocenters. The van der Waals surface area contributed by atoms with Crippen molar-refractivity contribution in [3.63, 3.8) is 0 Å². The number of amides is 2. The Morgan fingerprint density at radius 2 is 2.00 bits per heavy atom. The number of piperidine rings is 1. The van der Waals surface area contributed by atoms with E-state index in [1.165, 1.54) is 23.1 Å². The van der Waals surface area contributed by atoms with Gasteiger partial charge in [0.15, 0.2) is 0 Å². The number of hydrogen-bond acceptors (Lipinski definition) is 4. The maximum atomic E-state index is 12.4. The summed E-state index contributed by atoms with van der Waals surface area (Å²) in [5, 5.41) is 6.68. The first-order valence-corrected chi connectivity index (χ1v) is 9.49. The van der Waals surface area contributed by atoms with Gasteiger partial charge >= 0.3 is 12.4 Å². The van der Waals surface area contributed by atoms with Gasteiger partial charge in [-0.15, -0.1) is 13.2 Å². The first-order valence-electron chi connectivity index (χ1n) is 9.49. The zero-order valence-electron chi connectivity index (χ0n) is 15.9. The van der Waals surface area contributed by atoms with Crippen LogP contribution in [-0.4, -0.2) is 45.1 Å². The molecule has 7 nitrogen and oxygen atoms in total. The molecule has 2 aromatic rings.